The van der Waals surface area contributed by atoms with Crippen molar-refractivity contribution in [1.82, 2.24) is 15.5 Å². The summed E-state index contributed by atoms with van der Waals surface area (Å²) in [5.74, 6) is 0.807. The Bertz CT molecular complexity index is 281. The summed E-state index contributed by atoms with van der Waals surface area (Å²) in [5.41, 5.74) is 0. The highest BCUT2D eigenvalue weighted by Crippen LogP contribution is 2.11. The van der Waals surface area contributed by atoms with E-state index in [9.17, 15) is 0 Å². The van der Waals surface area contributed by atoms with Gasteiger partial charge in [-0.2, -0.15) is 0 Å². The van der Waals surface area contributed by atoms with Crippen molar-refractivity contribution >= 4 is 17.4 Å². The van der Waals surface area contributed by atoms with Gasteiger partial charge in [-0.25, -0.2) is 0 Å². The van der Waals surface area contributed by atoms with Gasteiger partial charge in [0, 0.05) is 6.04 Å². The molecule has 1 aromatic heterocycles. The summed E-state index contributed by atoms with van der Waals surface area (Å²) in [7, 11) is 0. The van der Waals surface area contributed by atoms with Crippen LogP contribution in [0.4, 0.5) is 5.82 Å². The van der Waals surface area contributed by atoms with Crippen LogP contribution in [0.1, 0.15) is 12.8 Å². The summed E-state index contributed by atoms with van der Waals surface area (Å²) in [6.07, 6.45) is 2.26. The van der Waals surface area contributed by atoms with Crippen LogP contribution in [0.25, 0.3) is 0 Å². The molecule has 4 nitrogen and oxygen atoms in total. The van der Waals surface area contributed by atoms with E-state index in [-0.39, 0.29) is 0 Å². The molecule has 0 radical (unpaired) electrons. The summed E-state index contributed by atoms with van der Waals surface area (Å²) >= 11 is 5.64. The van der Waals surface area contributed by atoms with Gasteiger partial charge in [0.2, 0.25) is 0 Å². The summed E-state index contributed by atoms with van der Waals surface area (Å²) in [6.45, 7) is 2.14. The maximum Gasteiger partial charge on any atom is 0.151 e. The van der Waals surface area contributed by atoms with Gasteiger partial charge in [-0.3, -0.25) is 0 Å². The van der Waals surface area contributed by atoms with Crippen molar-refractivity contribution < 1.29 is 0 Å². The Kier molecular flexibility index (Phi) is 3.16. The highest BCUT2D eigenvalue weighted by molar-refractivity contribution is 6.29. The first-order chi connectivity index (χ1) is 6.84. The molecule has 0 aliphatic carbocycles. The Hall–Kier alpha value is -0.870. The number of aromatic nitrogens is 2. The maximum absolute atomic E-state index is 5.64. The number of rotatable bonds is 2. The number of halogens is 1. The van der Waals surface area contributed by atoms with Gasteiger partial charge in [0.15, 0.2) is 5.15 Å². The Labute approximate surface area is 88.1 Å². The van der Waals surface area contributed by atoms with Gasteiger partial charge >= 0.3 is 0 Å². The first-order valence-electron chi connectivity index (χ1n) is 4.81. The van der Waals surface area contributed by atoms with E-state index in [2.05, 4.69) is 20.8 Å². The Morgan fingerprint density at radius 2 is 2.07 bits per heavy atom. The molecule has 0 amide bonds. The van der Waals surface area contributed by atoms with Gasteiger partial charge in [0.25, 0.3) is 0 Å². The van der Waals surface area contributed by atoms with E-state index in [0.717, 1.165) is 31.7 Å². The average Bonchev–Trinajstić information content (AvgIpc) is 2.23. The van der Waals surface area contributed by atoms with Gasteiger partial charge < -0.3 is 10.6 Å². The fourth-order valence-electron chi connectivity index (χ4n) is 1.57. The zero-order valence-corrected chi connectivity index (χ0v) is 8.59. The third kappa shape index (κ3) is 2.56. The van der Waals surface area contributed by atoms with E-state index < -0.39 is 0 Å². The summed E-state index contributed by atoms with van der Waals surface area (Å²) < 4.78 is 0. The zero-order chi connectivity index (χ0) is 9.80. The Morgan fingerprint density at radius 1 is 1.29 bits per heavy atom. The monoisotopic (exact) mass is 212 g/mol. The molecule has 1 fully saturated rings. The van der Waals surface area contributed by atoms with Crippen LogP contribution >= 0.6 is 11.6 Å². The van der Waals surface area contributed by atoms with Crippen molar-refractivity contribution in [2.45, 2.75) is 18.9 Å². The quantitative estimate of drug-likeness (QED) is 0.776. The van der Waals surface area contributed by atoms with Crippen LogP contribution in [0, 0.1) is 0 Å². The third-order valence-electron chi connectivity index (χ3n) is 2.32. The van der Waals surface area contributed by atoms with Crippen LogP contribution in [-0.2, 0) is 0 Å². The zero-order valence-electron chi connectivity index (χ0n) is 7.83. The Morgan fingerprint density at radius 3 is 2.71 bits per heavy atom. The molecule has 2 N–H and O–H groups in total. The molecule has 0 unspecified atom stereocenters. The fraction of sp³-hybridized carbons (Fsp3) is 0.556. The molecule has 1 aliphatic rings. The second kappa shape index (κ2) is 4.57. The van der Waals surface area contributed by atoms with Crippen molar-refractivity contribution in [2.75, 3.05) is 18.4 Å². The lowest BCUT2D eigenvalue weighted by Crippen LogP contribution is -2.35. The SMILES string of the molecule is Clc1ccc(NC2CCNCC2)nn1. The highest BCUT2D eigenvalue weighted by Gasteiger charge is 2.12. The molecular weight excluding hydrogens is 200 g/mol. The van der Waals surface area contributed by atoms with Crippen LogP contribution < -0.4 is 10.6 Å². The molecule has 5 heteroatoms. The van der Waals surface area contributed by atoms with E-state index >= 15 is 0 Å². The number of hydrogen-bond donors (Lipinski definition) is 2. The molecule has 76 valence electrons. The van der Waals surface area contributed by atoms with Crippen LogP contribution in [0.15, 0.2) is 12.1 Å². The lowest BCUT2D eigenvalue weighted by molar-refractivity contribution is 0.478. The minimum absolute atomic E-state index is 0.431. The predicted octanol–water partition coefficient (Wildman–Crippen LogP) is 1.29. The van der Waals surface area contributed by atoms with Crippen molar-refractivity contribution in [3.63, 3.8) is 0 Å². The Balaban J connectivity index is 1.92. The molecule has 0 atom stereocenters. The maximum atomic E-state index is 5.64. The topological polar surface area (TPSA) is 49.8 Å². The van der Waals surface area contributed by atoms with Gasteiger partial charge in [-0.05, 0) is 38.1 Å². The van der Waals surface area contributed by atoms with Gasteiger partial charge in [-0.1, -0.05) is 11.6 Å². The molecule has 0 bridgehead atoms. The number of piperidine rings is 1. The molecule has 0 aromatic carbocycles. The molecule has 0 saturated carbocycles. The van der Waals surface area contributed by atoms with Crippen LogP contribution in [0.2, 0.25) is 5.15 Å². The van der Waals surface area contributed by atoms with E-state index in [4.69, 9.17) is 11.6 Å². The smallest absolute Gasteiger partial charge is 0.151 e. The molecular formula is C9H13ClN4. The van der Waals surface area contributed by atoms with Crippen molar-refractivity contribution in [3.05, 3.63) is 17.3 Å². The van der Waals surface area contributed by atoms with E-state index in [1.165, 1.54) is 0 Å². The first-order valence-corrected chi connectivity index (χ1v) is 5.19. The minimum Gasteiger partial charge on any atom is -0.366 e. The van der Waals surface area contributed by atoms with Crippen LogP contribution in [0.5, 0.6) is 0 Å². The fourth-order valence-corrected chi connectivity index (χ4v) is 1.67. The predicted molar refractivity (Wildman–Crippen MR) is 56.6 cm³/mol. The standard InChI is InChI=1S/C9H13ClN4/c10-8-1-2-9(14-13-8)12-7-3-5-11-6-4-7/h1-2,7,11H,3-6H2,(H,12,14). The van der Waals surface area contributed by atoms with E-state index in [1.54, 1.807) is 6.07 Å². The van der Waals surface area contributed by atoms with Gasteiger partial charge in [0.1, 0.15) is 5.82 Å². The van der Waals surface area contributed by atoms with Gasteiger partial charge in [0.05, 0.1) is 0 Å². The van der Waals surface area contributed by atoms with Crippen molar-refractivity contribution in [3.8, 4) is 0 Å². The molecule has 1 saturated heterocycles. The largest absolute Gasteiger partial charge is 0.366 e. The third-order valence-corrected chi connectivity index (χ3v) is 2.52. The normalized spacial score (nSPS) is 18.1. The molecule has 14 heavy (non-hydrogen) atoms. The van der Waals surface area contributed by atoms with Crippen LogP contribution in [0.3, 0.4) is 0 Å². The van der Waals surface area contributed by atoms with Crippen LogP contribution in [-0.4, -0.2) is 29.3 Å². The lowest BCUT2D eigenvalue weighted by Gasteiger charge is -2.23. The first kappa shape index (κ1) is 9.68. The summed E-state index contributed by atoms with van der Waals surface area (Å²) in [4.78, 5) is 0. The van der Waals surface area contributed by atoms with Gasteiger partial charge in [-0.15, -0.1) is 10.2 Å². The summed E-state index contributed by atoms with van der Waals surface area (Å²) in [6, 6.07) is 4.11. The second-order valence-corrected chi connectivity index (χ2v) is 3.80. The average molecular weight is 213 g/mol. The minimum atomic E-state index is 0.431. The number of anilines is 1. The summed E-state index contributed by atoms with van der Waals surface area (Å²) in [5, 5.41) is 14.8. The highest BCUT2D eigenvalue weighted by atomic mass is 35.5. The molecule has 2 rings (SSSR count). The molecule has 1 aliphatic heterocycles. The van der Waals surface area contributed by atoms with E-state index in [0.29, 0.717) is 11.2 Å². The number of hydrogen-bond acceptors (Lipinski definition) is 4. The van der Waals surface area contributed by atoms with Crippen molar-refractivity contribution in [1.29, 1.82) is 0 Å². The van der Waals surface area contributed by atoms with E-state index in [1.807, 2.05) is 6.07 Å². The second-order valence-electron chi connectivity index (χ2n) is 3.41. The molecule has 2 heterocycles. The number of nitrogens with zero attached hydrogens (tertiary/aromatic N) is 2. The molecule has 1 aromatic rings. The lowest BCUT2D eigenvalue weighted by atomic mass is 10.1. The molecule has 0 spiro atoms. The number of nitrogens with one attached hydrogen (secondary N) is 2. The van der Waals surface area contributed by atoms with Crippen molar-refractivity contribution in [2.24, 2.45) is 0 Å².